The molecule has 0 radical (unpaired) electrons. The Kier molecular flexibility index (Phi) is 6.32. The number of benzene rings is 1. The van der Waals surface area contributed by atoms with Crippen LogP contribution in [0.4, 0.5) is 0 Å². The fourth-order valence-electron chi connectivity index (χ4n) is 2.55. The molecule has 0 bridgehead atoms. The first-order chi connectivity index (χ1) is 8.71. The van der Waals surface area contributed by atoms with Gasteiger partial charge in [0.25, 0.3) is 0 Å². The Balaban J connectivity index is 0.00000180. The third-order valence-electron chi connectivity index (χ3n) is 3.72. The van der Waals surface area contributed by atoms with Crippen LogP contribution >= 0.6 is 12.4 Å². The Hall–Kier alpha value is -1.06. The van der Waals surface area contributed by atoms with E-state index >= 15 is 0 Å². The average Bonchev–Trinajstić information content (AvgIpc) is 2.84. The van der Waals surface area contributed by atoms with E-state index in [2.05, 4.69) is 17.4 Å². The third-order valence-corrected chi connectivity index (χ3v) is 3.72. The van der Waals surface area contributed by atoms with E-state index in [1.54, 1.807) is 0 Å². The lowest BCUT2D eigenvalue weighted by Gasteiger charge is -2.22. The molecule has 0 heterocycles. The van der Waals surface area contributed by atoms with Gasteiger partial charge < -0.3 is 11.1 Å². The highest BCUT2D eigenvalue weighted by Gasteiger charge is 2.36. The Morgan fingerprint density at radius 2 is 1.84 bits per heavy atom. The van der Waals surface area contributed by atoms with Crippen molar-refractivity contribution in [3.05, 3.63) is 35.9 Å². The first kappa shape index (κ1) is 16.0. The molecule has 2 rings (SSSR count). The van der Waals surface area contributed by atoms with Crippen LogP contribution in [0.1, 0.15) is 37.7 Å². The van der Waals surface area contributed by atoms with Gasteiger partial charge in [-0.2, -0.15) is 0 Å². The van der Waals surface area contributed by atoms with Crippen molar-refractivity contribution in [1.82, 2.24) is 5.32 Å². The second-order valence-electron chi connectivity index (χ2n) is 5.21. The number of hydrogen-bond donors (Lipinski definition) is 2. The van der Waals surface area contributed by atoms with E-state index < -0.39 is 5.54 Å². The van der Waals surface area contributed by atoms with Gasteiger partial charge in [0.05, 0.1) is 5.54 Å². The maximum Gasteiger partial charge on any atom is 0.240 e. The minimum atomic E-state index is -0.591. The maximum absolute atomic E-state index is 11.9. The lowest BCUT2D eigenvalue weighted by Crippen LogP contribution is -2.52. The fourth-order valence-corrected chi connectivity index (χ4v) is 2.55. The molecular weight excluding hydrogens is 260 g/mol. The first-order valence-electron chi connectivity index (χ1n) is 6.82. The number of aryl methyl sites for hydroxylation is 1. The van der Waals surface area contributed by atoms with Crippen LogP contribution in [0.3, 0.4) is 0 Å². The predicted molar refractivity (Wildman–Crippen MR) is 80.4 cm³/mol. The topological polar surface area (TPSA) is 55.1 Å². The number of rotatable bonds is 5. The molecule has 1 aromatic rings. The molecule has 0 aromatic heterocycles. The molecule has 3 N–H and O–H groups in total. The molecule has 4 heteroatoms. The average molecular weight is 283 g/mol. The van der Waals surface area contributed by atoms with Crippen molar-refractivity contribution in [2.45, 2.75) is 44.1 Å². The first-order valence-corrected chi connectivity index (χ1v) is 6.82. The summed E-state index contributed by atoms with van der Waals surface area (Å²) in [4.78, 5) is 11.9. The van der Waals surface area contributed by atoms with Gasteiger partial charge in [0.1, 0.15) is 0 Å². The zero-order chi connectivity index (χ0) is 12.8. The molecule has 1 aromatic carbocycles. The Bertz CT molecular complexity index is 388. The van der Waals surface area contributed by atoms with Gasteiger partial charge in [0, 0.05) is 6.54 Å². The quantitative estimate of drug-likeness (QED) is 0.815. The van der Waals surface area contributed by atoms with Crippen LogP contribution in [0.15, 0.2) is 30.3 Å². The molecule has 1 aliphatic rings. The standard InChI is InChI=1S/C15H22N2O.ClH/c16-15(10-4-5-11-15)14(18)17-12-6-9-13-7-2-1-3-8-13;/h1-3,7-8H,4-6,9-12,16H2,(H,17,18);1H. The van der Waals surface area contributed by atoms with Crippen molar-refractivity contribution in [3.8, 4) is 0 Å². The SMILES string of the molecule is Cl.NC1(C(=O)NCCCc2ccccc2)CCCC1. The molecule has 0 unspecified atom stereocenters. The summed E-state index contributed by atoms with van der Waals surface area (Å²) in [5, 5.41) is 2.97. The van der Waals surface area contributed by atoms with Crippen LogP contribution in [0.2, 0.25) is 0 Å². The predicted octanol–water partition coefficient (Wildman–Crippen LogP) is 2.43. The maximum atomic E-state index is 11.9. The Labute approximate surface area is 121 Å². The summed E-state index contributed by atoms with van der Waals surface area (Å²) in [5.41, 5.74) is 6.81. The van der Waals surface area contributed by atoms with Gasteiger partial charge in [-0.3, -0.25) is 4.79 Å². The van der Waals surface area contributed by atoms with Gasteiger partial charge >= 0.3 is 0 Å². The van der Waals surface area contributed by atoms with Crippen LogP contribution in [0, 0.1) is 0 Å². The molecule has 3 nitrogen and oxygen atoms in total. The van der Waals surface area contributed by atoms with E-state index in [4.69, 9.17) is 5.73 Å². The van der Waals surface area contributed by atoms with Crippen LogP contribution in [0.5, 0.6) is 0 Å². The Morgan fingerprint density at radius 1 is 1.21 bits per heavy atom. The molecule has 0 atom stereocenters. The van der Waals surface area contributed by atoms with Gasteiger partial charge in [-0.15, -0.1) is 12.4 Å². The largest absolute Gasteiger partial charge is 0.354 e. The molecule has 1 saturated carbocycles. The number of halogens is 1. The van der Waals surface area contributed by atoms with Gasteiger partial charge in [-0.1, -0.05) is 43.2 Å². The molecule has 19 heavy (non-hydrogen) atoms. The zero-order valence-electron chi connectivity index (χ0n) is 11.2. The van der Waals surface area contributed by atoms with Gasteiger partial charge in [-0.05, 0) is 31.2 Å². The summed E-state index contributed by atoms with van der Waals surface area (Å²) in [6.45, 7) is 0.715. The summed E-state index contributed by atoms with van der Waals surface area (Å²) < 4.78 is 0. The van der Waals surface area contributed by atoms with E-state index in [-0.39, 0.29) is 18.3 Å². The normalized spacial score (nSPS) is 16.7. The molecule has 1 fully saturated rings. The van der Waals surface area contributed by atoms with Crippen molar-refractivity contribution in [2.24, 2.45) is 5.73 Å². The summed E-state index contributed by atoms with van der Waals surface area (Å²) in [6.07, 6.45) is 5.78. The van der Waals surface area contributed by atoms with Gasteiger partial charge in [-0.25, -0.2) is 0 Å². The number of hydrogen-bond acceptors (Lipinski definition) is 2. The molecule has 1 aliphatic carbocycles. The minimum Gasteiger partial charge on any atom is -0.354 e. The van der Waals surface area contributed by atoms with Crippen LogP contribution in [0.25, 0.3) is 0 Å². The van der Waals surface area contributed by atoms with E-state index in [0.29, 0.717) is 6.54 Å². The van der Waals surface area contributed by atoms with E-state index in [0.717, 1.165) is 38.5 Å². The highest BCUT2D eigenvalue weighted by Crippen LogP contribution is 2.27. The molecular formula is C15H23ClN2O. The van der Waals surface area contributed by atoms with Crippen molar-refractivity contribution in [3.63, 3.8) is 0 Å². The number of amides is 1. The van der Waals surface area contributed by atoms with Crippen molar-refractivity contribution in [2.75, 3.05) is 6.54 Å². The lowest BCUT2D eigenvalue weighted by molar-refractivity contribution is -0.126. The number of carbonyl (C=O) groups excluding carboxylic acids is 1. The summed E-state index contributed by atoms with van der Waals surface area (Å²) >= 11 is 0. The third kappa shape index (κ3) is 4.51. The number of carbonyl (C=O) groups is 1. The number of nitrogens with two attached hydrogens (primary N) is 1. The number of nitrogens with one attached hydrogen (secondary N) is 1. The molecule has 1 amide bonds. The summed E-state index contributed by atoms with van der Waals surface area (Å²) in [5.74, 6) is 0.0352. The molecule has 0 saturated heterocycles. The molecule has 0 aliphatic heterocycles. The summed E-state index contributed by atoms with van der Waals surface area (Å²) in [7, 11) is 0. The minimum absolute atomic E-state index is 0. The summed E-state index contributed by atoms with van der Waals surface area (Å²) in [6, 6.07) is 10.3. The van der Waals surface area contributed by atoms with Crippen molar-refractivity contribution < 1.29 is 4.79 Å². The Morgan fingerprint density at radius 3 is 2.47 bits per heavy atom. The second-order valence-corrected chi connectivity index (χ2v) is 5.21. The second kappa shape index (κ2) is 7.51. The fraction of sp³-hybridized carbons (Fsp3) is 0.533. The monoisotopic (exact) mass is 282 g/mol. The van der Waals surface area contributed by atoms with Crippen LogP contribution in [-0.4, -0.2) is 18.0 Å². The highest BCUT2D eigenvalue weighted by atomic mass is 35.5. The lowest BCUT2D eigenvalue weighted by atomic mass is 9.98. The highest BCUT2D eigenvalue weighted by molar-refractivity contribution is 5.86. The smallest absolute Gasteiger partial charge is 0.240 e. The van der Waals surface area contributed by atoms with E-state index in [9.17, 15) is 4.79 Å². The van der Waals surface area contributed by atoms with E-state index in [1.807, 2.05) is 18.2 Å². The molecule has 106 valence electrons. The molecule has 0 spiro atoms. The van der Waals surface area contributed by atoms with Gasteiger partial charge in [0.15, 0.2) is 0 Å². The van der Waals surface area contributed by atoms with Gasteiger partial charge in [0.2, 0.25) is 5.91 Å². The van der Waals surface area contributed by atoms with E-state index in [1.165, 1.54) is 5.56 Å². The van der Waals surface area contributed by atoms with Crippen LogP contribution in [-0.2, 0) is 11.2 Å². The zero-order valence-corrected chi connectivity index (χ0v) is 12.0. The van der Waals surface area contributed by atoms with Crippen molar-refractivity contribution >= 4 is 18.3 Å². The van der Waals surface area contributed by atoms with Crippen molar-refractivity contribution in [1.29, 1.82) is 0 Å². The van der Waals surface area contributed by atoms with Crippen LogP contribution < -0.4 is 11.1 Å².